The van der Waals surface area contributed by atoms with Gasteiger partial charge in [0.25, 0.3) is 5.91 Å². The number of hydrogen-bond acceptors (Lipinski definition) is 6. The fourth-order valence-electron chi connectivity index (χ4n) is 2.09. The molecule has 1 fully saturated rings. The highest BCUT2D eigenvalue weighted by Gasteiger charge is 2.32. The Kier molecular flexibility index (Phi) is 6.82. The number of esters is 1. The first-order valence-corrected chi connectivity index (χ1v) is 9.22. The molecule has 1 aliphatic heterocycles. The Balaban J connectivity index is 2.16. The third kappa shape index (κ3) is 4.58. The summed E-state index contributed by atoms with van der Waals surface area (Å²) in [4.78, 5) is 25.9. The van der Waals surface area contributed by atoms with Crippen molar-refractivity contribution in [3.8, 4) is 5.75 Å². The molecule has 0 spiro atoms. The first kappa shape index (κ1) is 19.0. The van der Waals surface area contributed by atoms with Crippen LogP contribution in [-0.4, -0.2) is 41.4 Å². The van der Waals surface area contributed by atoms with Crippen LogP contribution in [0.2, 0.25) is 0 Å². The number of ether oxygens (including phenoxy) is 2. The second-order valence-electron chi connectivity index (χ2n) is 4.77. The number of rotatable bonds is 6. The molecule has 24 heavy (non-hydrogen) atoms. The number of nitrogens with zero attached hydrogens (tertiary/aromatic N) is 1. The maximum Gasteiger partial charge on any atom is 0.307 e. The van der Waals surface area contributed by atoms with Crippen LogP contribution in [0.15, 0.2) is 27.6 Å². The molecule has 1 amide bonds. The molecule has 0 unspecified atom stereocenters. The van der Waals surface area contributed by atoms with Gasteiger partial charge in [0.05, 0.1) is 25.0 Å². The van der Waals surface area contributed by atoms with Gasteiger partial charge in [-0.15, -0.1) is 0 Å². The summed E-state index contributed by atoms with van der Waals surface area (Å²) in [5.74, 6) is 0.107. The van der Waals surface area contributed by atoms with Crippen molar-refractivity contribution < 1.29 is 19.1 Å². The highest BCUT2D eigenvalue weighted by atomic mass is 79.9. The number of thioether (sulfide) groups is 1. The van der Waals surface area contributed by atoms with Crippen LogP contribution in [0.25, 0.3) is 6.08 Å². The van der Waals surface area contributed by atoms with Crippen molar-refractivity contribution in [2.24, 2.45) is 0 Å². The van der Waals surface area contributed by atoms with Gasteiger partial charge < -0.3 is 9.47 Å². The van der Waals surface area contributed by atoms with Crippen LogP contribution in [0.5, 0.6) is 5.75 Å². The quantitative estimate of drug-likeness (QED) is 0.391. The Morgan fingerprint density at radius 2 is 2.21 bits per heavy atom. The molecular weight excluding hydrogens is 414 g/mol. The largest absolute Gasteiger partial charge is 0.496 e. The molecule has 0 atom stereocenters. The minimum Gasteiger partial charge on any atom is -0.496 e. The van der Waals surface area contributed by atoms with E-state index in [0.29, 0.717) is 21.6 Å². The zero-order valence-electron chi connectivity index (χ0n) is 13.2. The number of halogens is 1. The van der Waals surface area contributed by atoms with Gasteiger partial charge in [-0.05, 0) is 31.2 Å². The fraction of sp³-hybridized carbons (Fsp3) is 0.312. The fourth-order valence-corrected chi connectivity index (χ4v) is 3.77. The minimum atomic E-state index is -0.343. The lowest BCUT2D eigenvalue weighted by atomic mass is 10.2. The number of carbonyl (C=O) groups excluding carboxylic acids is 2. The molecule has 8 heteroatoms. The lowest BCUT2D eigenvalue weighted by molar-refractivity contribution is -0.143. The summed E-state index contributed by atoms with van der Waals surface area (Å²) in [6.07, 6.45) is 1.86. The minimum absolute atomic E-state index is 0.119. The summed E-state index contributed by atoms with van der Waals surface area (Å²) in [6, 6.07) is 5.54. The Labute approximate surface area is 158 Å². The van der Waals surface area contributed by atoms with Crippen molar-refractivity contribution in [1.29, 1.82) is 0 Å². The summed E-state index contributed by atoms with van der Waals surface area (Å²) in [6.45, 7) is 2.28. The van der Waals surface area contributed by atoms with Crippen LogP contribution in [-0.2, 0) is 14.3 Å². The predicted octanol–water partition coefficient (Wildman–Crippen LogP) is 3.61. The highest BCUT2D eigenvalue weighted by Crippen LogP contribution is 2.35. The highest BCUT2D eigenvalue weighted by molar-refractivity contribution is 9.10. The van der Waals surface area contributed by atoms with E-state index < -0.39 is 0 Å². The maximum absolute atomic E-state index is 12.5. The van der Waals surface area contributed by atoms with Gasteiger partial charge in [0.15, 0.2) is 0 Å². The lowest BCUT2D eigenvalue weighted by Crippen LogP contribution is -2.30. The Morgan fingerprint density at radius 1 is 1.46 bits per heavy atom. The normalized spacial score (nSPS) is 16.0. The number of hydrogen-bond donors (Lipinski definition) is 0. The Morgan fingerprint density at radius 3 is 2.88 bits per heavy atom. The maximum atomic E-state index is 12.5. The standard InChI is InChI=1S/C16H16BrNO4S2/c1-3-22-14(19)6-7-18-15(20)13(24-16(18)23)9-10-8-11(17)4-5-12(10)21-2/h4-5,8-9H,3,6-7H2,1-2H3/b13-9+. The first-order valence-electron chi connectivity index (χ1n) is 7.20. The van der Waals surface area contributed by atoms with Gasteiger partial charge in [0, 0.05) is 16.6 Å². The van der Waals surface area contributed by atoms with Crippen molar-refractivity contribution in [3.05, 3.63) is 33.1 Å². The van der Waals surface area contributed by atoms with Gasteiger partial charge in [-0.3, -0.25) is 14.5 Å². The average molecular weight is 430 g/mol. The van der Waals surface area contributed by atoms with Crippen LogP contribution in [0.3, 0.4) is 0 Å². The van der Waals surface area contributed by atoms with E-state index >= 15 is 0 Å². The molecule has 2 rings (SSSR count). The summed E-state index contributed by atoms with van der Waals surface area (Å²) in [5, 5.41) is 0. The van der Waals surface area contributed by atoms with E-state index in [1.54, 1.807) is 20.1 Å². The number of thiocarbonyl (C=S) groups is 1. The van der Waals surface area contributed by atoms with Crippen LogP contribution < -0.4 is 4.74 Å². The molecule has 1 saturated heterocycles. The van der Waals surface area contributed by atoms with Crippen LogP contribution in [0.1, 0.15) is 18.9 Å². The molecule has 5 nitrogen and oxygen atoms in total. The van der Waals surface area contributed by atoms with E-state index in [9.17, 15) is 9.59 Å². The van der Waals surface area contributed by atoms with Gasteiger partial charge in [-0.25, -0.2) is 0 Å². The van der Waals surface area contributed by atoms with Crippen molar-refractivity contribution in [2.75, 3.05) is 20.3 Å². The SMILES string of the molecule is CCOC(=O)CCN1C(=O)/C(=C\c2cc(Br)ccc2OC)SC1=S. The van der Waals surface area contributed by atoms with Crippen LogP contribution in [0, 0.1) is 0 Å². The monoisotopic (exact) mass is 429 g/mol. The predicted molar refractivity (Wildman–Crippen MR) is 102 cm³/mol. The van der Waals surface area contributed by atoms with E-state index in [1.165, 1.54) is 16.7 Å². The van der Waals surface area contributed by atoms with E-state index in [4.69, 9.17) is 21.7 Å². The molecule has 0 aromatic heterocycles. The number of methoxy groups -OCH3 is 1. The Bertz CT molecular complexity index is 705. The summed E-state index contributed by atoms with van der Waals surface area (Å²) in [5.41, 5.74) is 0.776. The van der Waals surface area contributed by atoms with Gasteiger partial charge >= 0.3 is 5.97 Å². The third-order valence-corrected chi connectivity index (χ3v) is 5.07. The van der Waals surface area contributed by atoms with Gasteiger partial charge in [-0.2, -0.15) is 0 Å². The molecule has 0 aliphatic carbocycles. The summed E-state index contributed by atoms with van der Waals surface area (Å²) >= 11 is 9.87. The molecule has 0 N–H and O–H groups in total. The number of benzene rings is 1. The van der Waals surface area contributed by atoms with Crippen molar-refractivity contribution in [2.45, 2.75) is 13.3 Å². The average Bonchev–Trinajstić information content (AvgIpc) is 2.80. The number of amides is 1. The molecule has 0 bridgehead atoms. The molecule has 128 valence electrons. The molecule has 0 saturated carbocycles. The zero-order chi connectivity index (χ0) is 17.7. The number of carbonyl (C=O) groups is 2. The second-order valence-corrected chi connectivity index (χ2v) is 7.37. The third-order valence-electron chi connectivity index (χ3n) is 3.20. The summed E-state index contributed by atoms with van der Waals surface area (Å²) < 4.78 is 11.5. The second kappa shape index (κ2) is 8.64. The molecule has 1 aliphatic rings. The molecule has 1 aromatic carbocycles. The van der Waals surface area contributed by atoms with Crippen LogP contribution in [0.4, 0.5) is 0 Å². The van der Waals surface area contributed by atoms with E-state index in [1.807, 2.05) is 18.2 Å². The smallest absolute Gasteiger partial charge is 0.307 e. The van der Waals surface area contributed by atoms with Crippen molar-refractivity contribution in [3.63, 3.8) is 0 Å². The van der Waals surface area contributed by atoms with Gasteiger partial charge in [0.2, 0.25) is 0 Å². The first-order chi connectivity index (χ1) is 11.5. The zero-order valence-corrected chi connectivity index (χ0v) is 16.4. The van der Waals surface area contributed by atoms with E-state index in [-0.39, 0.29) is 24.8 Å². The van der Waals surface area contributed by atoms with Crippen molar-refractivity contribution in [1.82, 2.24) is 4.90 Å². The molecule has 1 aromatic rings. The van der Waals surface area contributed by atoms with E-state index in [0.717, 1.165) is 10.0 Å². The molecule has 1 heterocycles. The Hall–Kier alpha value is -1.38. The van der Waals surface area contributed by atoms with Crippen molar-refractivity contribution >= 4 is 62.2 Å². The van der Waals surface area contributed by atoms with Crippen LogP contribution >= 0.6 is 39.9 Å². The van der Waals surface area contributed by atoms with Gasteiger partial charge in [0.1, 0.15) is 10.1 Å². The molecular formula is C16H16BrNO4S2. The lowest BCUT2D eigenvalue weighted by Gasteiger charge is -2.13. The topological polar surface area (TPSA) is 55.8 Å². The van der Waals surface area contributed by atoms with E-state index in [2.05, 4.69) is 15.9 Å². The summed E-state index contributed by atoms with van der Waals surface area (Å²) in [7, 11) is 1.57. The molecule has 0 radical (unpaired) electrons. The van der Waals surface area contributed by atoms with Gasteiger partial charge in [-0.1, -0.05) is 39.9 Å².